The quantitative estimate of drug-likeness (QED) is 0.721. The number of urea groups is 1. The first-order valence-corrected chi connectivity index (χ1v) is 12.5. The van der Waals surface area contributed by atoms with Gasteiger partial charge in [-0.15, -0.1) is 0 Å². The Hall–Kier alpha value is -2.24. The third-order valence-electron chi connectivity index (χ3n) is 7.62. The van der Waals surface area contributed by atoms with E-state index in [9.17, 15) is 9.59 Å². The zero-order valence-electron chi connectivity index (χ0n) is 19.7. The number of rotatable bonds is 6. The maximum Gasteiger partial charge on any atom is 0.317 e. The second kappa shape index (κ2) is 10.6. The van der Waals surface area contributed by atoms with Gasteiger partial charge in [0, 0.05) is 44.1 Å². The van der Waals surface area contributed by atoms with E-state index in [1.54, 1.807) is 0 Å². The highest BCUT2D eigenvalue weighted by Gasteiger charge is 2.41. The molecule has 4 rings (SSSR count). The van der Waals surface area contributed by atoms with Crippen molar-refractivity contribution < 1.29 is 14.3 Å². The second-order valence-corrected chi connectivity index (χ2v) is 10.2. The summed E-state index contributed by atoms with van der Waals surface area (Å²) in [5.41, 5.74) is 0. The summed E-state index contributed by atoms with van der Waals surface area (Å²) in [4.78, 5) is 29.4. The van der Waals surface area contributed by atoms with Crippen LogP contribution in [0.25, 0.3) is 0 Å². The number of likely N-dealkylation sites (tertiary alicyclic amines) is 2. The molecule has 0 unspecified atom stereocenters. The molecule has 2 saturated heterocycles. The molecule has 3 aliphatic rings. The predicted octanol–water partition coefficient (Wildman–Crippen LogP) is 4.16. The Morgan fingerprint density at radius 1 is 1.00 bits per heavy atom. The maximum atomic E-state index is 13.0. The molecule has 2 atom stereocenters. The molecule has 1 aromatic carbocycles. The minimum atomic E-state index is 0.0554. The van der Waals surface area contributed by atoms with Crippen molar-refractivity contribution in [3.63, 3.8) is 0 Å². The molecule has 3 fully saturated rings. The van der Waals surface area contributed by atoms with Gasteiger partial charge in [0.25, 0.3) is 0 Å². The number of piperidine rings is 1. The topological polar surface area (TPSA) is 61.9 Å². The number of carbonyl (C=O) groups is 2. The van der Waals surface area contributed by atoms with E-state index in [2.05, 4.69) is 5.32 Å². The van der Waals surface area contributed by atoms with Crippen LogP contribution in [0.15, 0.2) is 30.3 Å². The molecule has 1 saturated carbocycles. The Morgan fingerprint density at radius 3 is 2.34 bits per heavy atom. The first-order chi connectivity index (χ1) is 15.5. The normalized spacial score (nSPS) is 24.8. The highest BCUT2D eigenvalue weighted by Crippen LogP contribution is 2.36. The zero-order valence-corrected chi connectivity index (χ0v) is 19.7. The molecule has 32 heavy (non-hydrogen) atoms. The van der Waals surface area contributed by atoms with Crippen molar-refractivity contribution in [1.29, 1.82) is 0 Å². The van der Waals surface area contributed by atoms with Gasteiger partial charge in [-0.1, -0.05) is 44.9 Å². The average Bonchev–Trinajstić information content (AvgIpc) is 3.48. The van der Waals surface area contributed by atoms with E-state index in [0.29, 0.717) is 30.4 Å². The SMILES string of the molecule is CC(C)C(=O)N1CCC([C@@H]2CN(C(=O)NC3CCCC3)C[C@H]2COc2ccccc2)CC1. The van der Waals surface area contributed by atoms with Crippen molar-refractivity contribution in [2.24, 2.45) is 23.7 Å². The van der Waals surface area contributed by atoms with E-state index in [-0.39, 0.29) is 17.9 Å². The number of hydrogen-bond acceptors (Lipinski definition) is 3. The van der Waals surface area contributed by atoms with Crippen LogP contribution >= 0.6 is 0 Å². The van der Waals surface area contributed by atoms with Gasteiger partial charge in [-0.3, -0.25) is 4.79 Å². The van der Waals surface area contributed by atoms with E-state index in [1.807, 2.05) is 54.0 Å². The molecule has 0 aromatic heterocycles. The average molecular weight is 442 g/mol. The molecule has 2 aliphatic heterocycles. The summed E-state index contributed by atoms with van der Waals surface area (Å²) in [6, 6.07) is 10.4. The largest absolute Gasteiger partial charge is 0.493 e. The first kappa shape index (κ1) is 22.9. The van der Waals surface area contributed by atoms with Gasteiger partial charge in [0.2, 0.25) is 5.91 Å². The Labute approximate surface area is 192 Å². The molecule has 1 aromatic rings. The minimum Gasteiger partial charge on any atom is -0.493 e. The first-order valence-electron chi connectivity index (χ1n) is 12.5. The van der Waals surface area contributed by atoms with Crippen molar-refractivity contribution in [2.45, 2.75) is 58.4 Å². The number of nitrogens with zero attached hydrogens (tertiary/aromatic N) is 2. The van der Waals surface area contributed by atoms with Crippen LogP contribution in [0.2, 0.25) is 0 Å². The van der Waals surface area contributed by atoms with Gasteiger partial charge in [-0.05, 0) is 49.7 Å². The molecule has 1 aliphatic carbocycles. The van der Waals surface area contributed by atoms with E-state index in [1.165, 1.54) is 12.8 Å². The molecular formula is C26H39N3O3. The van der Waals surface area contributed by atoms with Gasteiger partial charge in [-0.25, -0.2) is 4.79 Å². The molecule has 1 N–H and O–H groups in total. The number of hydrogen-bond donors (Lipinski definition) is 1. The fourth-order valence-corrected chi connectivity index (χ4v) is 5.74. The molecule has 0 radical (unpaired) electrons. The van der Waals surface area contributed by atoms with E-state index in [4.69, 9.17) is 4.74 Å². The van der Waals surface area contributed by atoms with Crippen LogP contribution in [0.5, 0.6) is 5.75 Å². The van der Waals surface area contributed by atoms with E-state index >= 15 is 0 Å². The summed E-state index contributed by atoms with van der Waals surface area (Å²) in [5, 5.41) is 3.27. The third kappa shape index (κ3) is 5.57. The van der Waals surface area contributed by atoms with Crippen molar-refractivity contribution in [2.75, 3.05) is 32.8 Å². The van der Waals surface area contributed by atoms with Crippen molar-refractivity contribution in [3.05, 3.63) is 30.3 Å². The van der Waals surface area contributed by atoms with Crippen LogP contribution in [-0.2, 0) is 4.79 Å². The van der Waals surface area contributed by atoms with Gasteiger partial charge in [0.15, 0.2) is 0 Å². The summed E-state index contributed by atoms with van der Waals surface area (Å²) in [6.45, 7) is 7.79. The molecule has 6 nitrogen and oxygen atoms in total. The lowest BCUT2D eigenvalue weighted by Crippen LogP contribution is -2.44. The Bertz CT molecular complexity index is 755. The Morgan fingerprint density at radius 2 is 1.69 bits per heavy atom. The van der Waals surface area contributed by atoms with Gasteiger partial charge in [0.1, 0.15) is 5.75 Å². The predicted molar refractivity (Wildman–Crippen MR) is 125 cm³/mol. The molecule has 6 heteroatoms. The minimum absolute atomic E-state index is 0.0554. The van der Waals surface area contributed by atoms with Crippen LogP contribution in [0, 0.1) is 23.7 Å². The number of benzene rings is 1. The second-order valence-electron chi connectivity index (χ2n) is 10.2. The lowest BCUT2D eigenvalue weighted by Gasteiger charge is -2.37. The molecular weight excluding hydrogens is 402 g/mol. The van der Waals surface area contributed by atoms with Crippen LogP contribution in [0.3, 0.4) is 0 Å². The van der Waals surface area contributed by atoms with Gasteiger partial charge < -0.3 is 19.9 Å². The fourth-order valence-electron chi connectivity index (χ4n) is 5.74. The summed E-state index contributed by atoms with van der Waals surface area (Å²) in [5.74, 6) is 2.47. The number of para-hydroxylation sites is 1. The Kier molecular flexibility index (Phi) is 7.59. The van der Waals surface area contributed by atoms with Gasteiger partial charge >= 0.3 is 6.03 Å². The summed E-state index contributed by atoms with van der Waals surface area (Å²) >= 11 is 0. The van der Waals surface area contributed by atoms with Crippen molar-refractivity contribution in [3.8, 4) is 5.75 Å². The number of nitrogens with one attached hydrogen (secondary N) is 1. The van der Waals surface area contributed by atoms with Gasteiger partial charge in [0.05, 0.1) is 6.61 Å². The smallest absolute Gasteiger partial charge is 0.317 e. The van der Waals surface area contributed by atoms with Crippen LogP contribution < -0.4 is 10.1 Å². The highest BCUT2D eigenvalue weighted by atomic mass is 16.5. The summed E-state index contributed by atoms with van der Waals surface area (Å²) < 4.78 is 6.14. The number of ether oxygens (including phenoxy) is 1. The van der Waals surface area contributed by atoms with Crippen molar-refractivity contribution in [1.82, 2.24) is 15.1 Å². The van der Waals surface area contributed by atoms with E-state index in [0.717, 1.165) is 57.6 Å². The molecule has 0 bridgehead atoms. The number of amides is 3. The Balaban J connectivity index is 1.38. The van der Waals surface area contributed by atoms with E-state index < -0.39 is 0 Å². The van der Waals surface area contributed by atoms with Gasteiger partial charge in [-0.2, -0.15) is 0 Å². The summed E-state index contributed by atoms with van der Waals surface area (Å²) in [7, 11) is 0. The lowest BCUT2D eigenvalue weighted by atomic mass is 9.78. The fraction of sp³-hybridized carbons (Fsp3) is 0.692. The van der Waals surface area contributed by atoms with Crippen molar-refractivity contribution >= 4 is 11.9 Å². The monoisotopic (exact) mass is 441 g/mol. The molecule has 3 amide bonds. The summed E-state index contributed by atoms with van der Waals surface area (Å²) in [6.07, 6.45) is 6.67. The molecule has 2 heterocycles. The molecule has 0 spiro atoms. The number of carbonyl (C=O) groups excluding carboxylic acids is 2. The van der Waals surface area contributed by atoms with Crippen LogP contribution in [-0.4, -0.2) is 60.6 Å². The maximum absolute atomic E-state index is 13.0. The lowest BCUT2D eigenvalue weighted by molar-refractivity contribution is -0.136. The third-order valence-corrected chi connectivity index (χ3v) is 7.62. The standard InChI is InChI=1S/C26H39N3O3/c1-19(2)25(30)28-14-12-20(13-15-28)24-17-29(26(31)27-22-8-6-7-9-22)16-21(24)18-32-23-10-4-3-5-11-23/h3-5,10-11,19-22,24H,6-9,12-18H2,1-2H3,(H,27,31)/t21-,24-/m0/s1. The van der Waals surface area contributed by atoms with Crippen LogP contribution in [0.4, 0.5) is 4.79 Å². The molecule has 176 valence electrons. The van der Waals surface area contributed by atoms with Crippen LogP contribution in [0.1, 0.15) is 52.4 Å². The zero-order chi connectivity index (χ0) is 22.5. The highest BCUT2D eigenvalue weighted by molar-refractivity contribution is 5.78.